The number of hydrogen-bond acceptors (Lipinski definition) is 26. The first-order valence-corrected chi connectivity index (χ1v) is 38.4. The Morgan fingerprint density at radius 1 is 0.284 bits per heavy atom. The van der Waals surface area contributed by atoms with Gasteiger partial charge in [-0.1, -0.05) is 115 Å². The lowest BCUT2D eigenvalue weighted by Crippen LogP contribution is -2.27. The van der Waals surface area contributed by atoms with E-state index in [9.17, 15) is 14.7 Å². The maximum atomic E-state index is 12.2. The van der Waals surface area contributed by atoms with Gasteiger partial charge in [0.25, 0.3) is 0 Å². The summed E-state index contributed by atoms with van der Waals surface area (Å²) in [6.45, 7) is 24.8. The van der Waals surface area contributed by atoms with Gasteiger partial charge in [-0.15, -0.1) is 0 Å². The minimum atomic E-state index is -0.621. The Bertz CT molecular complexity index is 1660. The number of unbranched alkanes of at least 4 members (excludes halogenated alkanes) is 15. The van der Waals surface area contributed by atoms with Crippen molar-refractivity contribution < 1.29 is 124 Å². The molecule has 2 N–H and O–H groups in total. The summed E-state index contributed by atoms with van der Waals surface area (Å²) >= 11 is 0. The van der Waals surface area contributed by atoms with E-state index >= 15 is 0 Å². The van der Waals surface area contributed by atoms with E-state index < -0.39 is 5.97 Å². The molecule has 606 valence electrons. The van der Waals surface area contributed by atoms with Gasteiger partial charge in [-0.05, 0) is 24.8 Å². The standard InChI is InChI=1S/C72H142N4O26/c1-2-3-4-5-6-7-10-13-16-19-70(72(78)79)20-17-14-11-8-9-12-15-18-21-71(77)74-22-24-80-26-28-82-30-32-84-34-36-86-38-40-88-42-44-90-46-48-92-50-52-94-54-56-96-58-60-98-62-64-100-66-68-102-69-67-101-65-63-99-61-59-97-57-55-95-53-51-93-49-47-91-45-43-89-41-39-87-37-35-85-33-31-83-29-27-81-25-23-75-76-73/h70H,2-69H2,1H3,(H,74,77)(H,78,79). The van der Waals surface area contributed by atoms with Gasteiger partial charge < -0.3 is 119 Å². The first-order chi connectivity index (χ1) is 50.6. The number of aliphatic carboxylic acids is 1. The summed E-state index contributed by atoms with van der Waals surface area (Å²) in [6.07, 6.45) is 22.2. The zero-order valence-corrected chi connectivity index (χ0v) is 63.2. The second kappa shape index (κ2) is 92.5. The normalized spacial score (nSPS) is 11.9. The Hall–Kier alpha value is -2.67. The van der Waals surface area contributed by atoms with Crippen LogP contribution in [0.5, 0.6) is 0 Å². The lowest BCUT2D eigenvalue weighted by molar-refractivity contribution is -0.142. The number of carboxylic acids is 1. The number of carboxylic acid groups (broad SMARTS) is 1. The molecule has 0 aliphatic heterocycles. The number of carbonyl (C=O) groups excluding carboxylic acids is 1. The quantitative estimate of drug-likeness (QED) is 0.0250. The third-order valence-corrected chi connectivity index (χ3v) is 14.9. The number of carbonyl (C=O) groups is 2. The van der Waals surface area contributed by atoms with E-state index in [1.54, 1.807) is 0 Å². The molecule has 1 amide bonds. The summed E-state index contributed by atoms with van der Waals surface area (Å²) < 4.78 is 127. The van der Waals surface area contributed by atoms with E-state index in [2.05, 4.69) is 22.3 Å². The summed E-state index contributed by atoms with van der Waals surface area (Å²) in [4.78, 5) is 26.5. The summed E-state index contributed by atoms with van der Waals surface area (Å²) in [5.41, 5.74) is 8.18. The fourth-order valence-electron chi connectivity index (χ4n) is 9.27. The Labute approximate surface area is 612 Å². The highest BCUT2D eigenvalue weighted by molar-refractivity contribution is 5.75. The Morgan fingerprint density at radius 2 is 0.471 bits per heavy atom. The predicted molar refractivity (Wildman–Crippen MR) is 385 cm³/mol. The van der Waals surface area contributed by atoms with Crippen LogP contribution in [-0.2, 0) is 119 Å². The number of azide groups is 1. The van der Waals surface area contributed by atoms with E-state index in [1.807, 2.05) is 0 Å². The minimum Gasteiger partial charge on any atom is -0.481 e. The first kappa shape index (κ1) is 99.3. The monoisotopic (exact) mass is 1480 g/mol. The minimum absolute atomic E-state index is 0.0669. The molecule has 1 atom stereocenters. The Balaban J connectivity index is 3.17. The molecule has 0 aromatic heterocycles. The maximum absolute atomic E-state index is 12.2. The number of amides is 1. The molecule has 0 bridgehead atoms. The van der Waals surface area contributed by atoms with Crippen LogP contribution in [0.1, 0.15) is 135 Å². The van der Waals surface area contributed by atoms with Crippen LogP contribution in [0.3, 0.4) is 0 Å². The van der Waals surface area contributed by atoms with Crippen LogP contribution in [0.25, 0.3) is 10.4 Å². The van der Waals surface area contributed by atoms with Gasteiger partial charge in [-0.25, -0.2) is 0 Å². The van der Waals surface area contributed by atoms with Crippen molar-refractivity contribution >= 4 is 11.9 Å². The number of ether oxygens (including phenoxy) is 23. The average molecular weight is 1480 g/mol. The molecule has 0 aromatic carbocycles. The van der Waals surface area contributed by atoms with Crippen molar-refractivity contribution in [1.82, 2.24) is 5.32 Å². The molecule has 102 heavy (non-hydrogen) atoms. The second-order valence-electron chi connectivity index (χ2n) is 23.4. The van der Waals surface area contributed by atoms with Gasteiger partial charge in [0, 0.05) is 24.4 Å². The van der Waals surface area contributed by atoms with Crippen molar-refractivity contribution in [3.05, 3.63) is 10.4 Å². The van der Waals surface area contributed by atoms with Crippen molar-refractivity contribution in [1.29, 1.82) is 0 Å². The summed E-state index contributed by atoms with van der Waals surface area (Å²) in [5.74, 6) is -0.735. The first-order valence-electron chi connectivity index (χ1n) is 38.4. The number of hydrogen-bond donors (Lipinski definition) is 2. The van der Waals surface area contributed by atoms with Gasteiger partial charge in [0.05, 0.1) is 310 Å². The van der Waals surface area contributed by atoms with Crippen LogP contribution >= 0.6 is 0 Å². The van der Waals surface area contributed by atoms with Crippen molar-refractivity contribution in [2.45, 2.75) is 135 Å². The summed E-state index contributed by atoms with van der Waals surface area (Å²) in [7, 11) is 0. The fraction of sp³-hybridized carbons (Fsp3) is 0.972. The summed E-state index contributed by atoms with van der Waals surface area (Å²) in [6, 6.07) is 0. The van der Waals surface area contributed by atoms with Gasteiger partial charge >= 0.3 is 5.97 Å². The highest BCUT2D eigenvalue weighted by Gasteiger charge is 2.16. The summed E-state index contributed by atoms with van der Waals surface area (Å²) in [5, 5.41) is 15.9. The van der Waals surface area contributed by atoms with Crippen molar-refractivity contribution in [3.8, 4) is 0 Å². The molecule has 30 heteroatoms. The topological polar surface area (TPSA) is 327 Å². The number of rotatable bonds is 94. The molecule has 0 spiro atoms. The number of nitrogens with one attached hydrogen (secondary N) is 1. The molecular formula is C72H142N4O26. The van der Waals surface area contributed by atoms with Gasteiger partial charge in [0.15, 0.2) is 0 Å². The molecule has 0 fully saturated rings. The maximum Gasteiger partial charge on any atom is 0.306 e. The van der Waals surface area contributed by atoms with Gasteiger partial charge in [0.1, 0.15) is 0 Å². The zero-order valence-electron chi connectivity index (χ0n) is 63.2. The molecular weight excluding hydrogens is 1340 g/mol. The molecule has 0 rings (SSSR count). The van der Waals surface area contributed by atoms with E-state index in [0.29, 0.717) is 323 Å². The number of nitrogens with zero attached hydrogens (tertiary/aromatic N) is 3. The highest BCUT2D eigenvalue weighted by atomic mass is 16.6. The SMILES string of the molecule is CCCCCCCCCCCC(CCCCCCCCCCC(=O)NCCOCCOCCOCCOCCOCCOCCOCCOCCOCCOCCOCCOCCOCCOCCOCCOCCOCCOCCOCCOCCOCCOCCOCCN=[N+]=[N-])C(=O)O. The predicted octanol–water partition coefficient (Wildman–Crippen LogP) is 8.32. The molecule has 0 aromatic rings. The molecule has 0 aliphatic carbocycles. The lowest BCUT2D eigenvalue weighted by atomic mass is 9.94. The molecule has 0 radical (unpaired) electrons. The van der Waals surface area contributed by atoms with Crippen molar-refractivity contribution in [2.24, 2.45) is 11.0 Å². The Morgan fingerprint density at radius 3 is 0.676 bits per heavy atom. The van der Waals surface area contributed by atoms with E-state index in [-0.39, 0.29) is 11.8 Å². The molecule has 0 heterocycles. The third kappa shape index (κ3) is 89.7. The van der Waals surface area contributed by atoms with E-state index in [1.165, 1.54) is 57.8 Å². The largest absolute Gasteiger partial charge is 0.481 e. The van der Waals surface area contributed by atoms with Crippen LogP contribution in [0, 0.1) is 5.92 Å². The van der Waals surface area contributed by atoms with E-state index in [4.69, 9.17) is 114 Å². The van der Waals surface area contributed by atoms with Crippen LogP contribution in [0.4, 0.5) is 0 Å². The fourth-order valence-corrected chi connectivity index (χ4v) is 9.27. The smallest absolute Gasteiger partial charge is 0.306 e. The van der Waals surface area contributed by atoms with Gasteiger partial charge in [0.2, 0.25) is 5.91 Å². The van der Waals surface area contributed by atoms with E-state index in [0.717, 1.165) is 64.2 Å². The van der Waals surface area contributed by atoms with Gasteiger partial charge in [-0.3, -0.25) is 9.59 Å². The van der Waals surface area contributed by atoms with Crippen molar-refractivity contribution in [2.75, 3.05) is 317 Å². The average Bonchev–Trinajstić information content (AvgIpc) is 3.21. The van der Waals surface area contributed by atoms with Crippen LogP contribution in [0.15, 0.2) is 5.11 Å². The molecule has 0 saturated heterocycles. The molecule has 1 unspecified atom stereocenters. The molecule has 0 saturated carbocycles. The molecule has 0 aliphatic rings. The third-order valence-electron chi connectivity index (χ3n) is 14.9. The van der Waals surface area contributed by atoms with Crippen LogP contribution in [0.2, 0.25) is 0 Å². The van der Waals surface area contributed by atoms with Crippen molar-refractivity contribution in [3.63, 3.8) is 0 Å². The second-order valence-corrected chi connectivity index (χ2v) is 23.4. The zero-order chi connectivity index (χ0) is 73.2. The van der Waals surface area contributed by atoms with Crippen LogP contribution in [-0.4, -0.2) is 334 Å². The van der Waals surface area contributed by atoms with Crippen LogP contribution < -0.4 is 5.32 Å². The Kier molecular flexibility index (Phi) is 90.1. The highest BCUT2D eigenvalue weighted by Crippen LogP contribution is 2.20. The lowest BCUT2D eigenvalue weighted by Gasteiger charge is -2.12. The molecule has 30 nitrogen and oxygen atoms in total. The van der Waals surface area contributed by atoms with Gasteiger partial charge in [-0.2, -0.15) is 0 Å².